The lowest BCUT2D eigenvalue weighted by Crippen LogP contribution is -1.83. The minimum absolute atomic E-state index is 1.05. The zero-order valence-electron chi connectivity index (χ0n) is 13.1. The van der Waals surface area contributed by atoms with Crippen LogP contribution in [0.2, 0.25) is 0 Å². The number of imidazole rings is 1. The van der Waals surface area contributed by atoms with E-state index in [1.54, 1.807) is 11.3 Å². The predicted molar refractivity (Wildman–Crippen MR) is 94.9 cm³/mol. The van der Waals surface area contributed by atoms with E-state index < -0.39 is 0 Å². The third kappa shape index (κ3) is 2.04. The van der Waals surface area contributed by atoms with Gasteiger partial charge in [-0.05, 0) is 49.1 Å². The molecule has 0 spiro atoms. The van der Waals surface area contributed by atoms with Crippen LogP contribution >= 0.6 is 11.3 Å². The molecule has 0 aliphatic rings. The molecule has 110 valence electrons. The standard InChI is InChI=1S/C19H18N2S/c1-4-14-5-7-15(8-6-14)16-11-21-17-9-12(2)13(3)10-18(17)22-19(21)20-16/h5-11H,4H2,1-3H3. The fourth-order valence-electron chi connectivity index (χ4n) is 2.80. The molecular weight excluding hydrogens is 288 g/mol. The number of thiazole rings is 1. The van der Waals surface area contributed by atoms with Crippen molar-refractivity contribution in [3.05, 3.63) is 59.3 Å². The van der Waals surface area contributed by atoms with Gasteiger partial charge in [-0.2, -0.15) is 0 Å². The van der Waals surface area contributed by atoms with Crippen molar-refractivity contribution in [2.24, 2.45) is 0 Å². The van der Waals surface area contributed by atoms with Gasteiger partial charge in [-0.25, -0.2) is 4.98 Å². The molecule has 0 saturated carbocycles. The van der Waals surface area contributed by atoms with Crippen molar-refractivity contribution >= 4 is 26.5 Å². The molecule has 0 amide bonds. The van der Waals surface area contributed by atoms with E-state index in [1.165, 1.54) is 32.5 Å². The molecule has 2 aromatic carbocycles. The quantitative estimate of drug-likeness (QED) is 0.485. The summed E-state index contributed by atoms with van der Waals surface area (Å²) in [5.74, 6) is 0. The van der Waals surface area contributed by atoms with Gasteiger partial charge in [0.1, 0.15) is 0 Å². The van der Waals surface area contributed by atoms with E-state index in [0.29, 0.717) is 0 Å². The van der Waals surface area contributed by atoms with Crippen molar-refractivity contribution in [3.8, 4) is 11.3 Å². The van der Waals surface area contributed by atoms with Crippen molar-refractivity contribution in [2.45, 2.75) is 27.2 Å². The Morgan fingerprint density at radius 2 is 1.77 bits per heavy atom. The molecule has 3 heteroatoms. The summed E-state index contributed by atoms with van der Waals surface area (Å²) in [6.07, 6.45) is 3.23. The minimum atomic E-state index is 1.05. The number of nitrogens with zero attached hydrogens (tertiary/aromatic N) is 2. The molecular formula is C19H18N2S. The monoisotopic (exact) mass is 306 g/mol. The van der Waals surface area contributed by atoms with Gasteiger partial charge in [0.2, 0.25) is 0 Å². The predicted octanol–water partition coefficient (Wildman–Crippen LogP) is 5.40. The molecule has 0 unspecified atom stereocenters. The van der Waals surface area contributed by atoms with Gasteiger partial charge in [0.25, 0.3) is 0 Å². The van der Waals surface area contributed by atoms with Gasteiger partial charge in [0.15, 0.2) is 4.96 Å². The van der Waals surface area contributed by atoms with Crippen LogP contribution < -0.4 is 0 Å². The average Bonchev–Trinajstić information content (AvgIpc) is 3.07. The Kier molecular flexibility index (Phi) is 3.05. The molecule has 0 N–H and O–H groups in total. The third-order valence-electron chi connectivity index (χ3n) is 4.37. The van der Waals surface area contributed by atoms with Gasteiger partial charge in [0, 0.05) is 11.8 Å². The number of aromatic nitrogens is 2. The van der Waals surface area contributed by atoms with Crippen LogP contribution in [0, 0.1) is 13.8 Å². The highest BCUT2D eigenvalue weighted by Crippen LogP contribution is 2.31. The zero-order valence-corrected chi connectivity index (χ0v) is 13.9. The van der Waals surface area contributed by atoms with Crippen LogP contribution in [-0.2, 0) is 6.42 Å². The van der Waals surface area contributed by atoms with E-state index in [4.69, 9.17) is 4.98 Å². The van der Waals surface area contributed by atoms with Crippen LogP contribution in [0.3, 0.4) is 0 Å². The molecule has 0 aliphatic heterocycles. The fourth-order valence-corrected chi connectivity index (χ4v) is 3.89. The summed E-state index contributed by atoms with van der Waals surface area (Å²) in [6, 6.07) is 13.2. The van der Waals surface area contributed by atoms with Crippen LogP contribution in [0.1, 0.15) is 23.6 Å². The number of hydrogen-bond acceptors (Lipinski definition) is 2. The highest BCUT2D eigenvalue weighted by Gasteiger charge is 2.11. The third-order valence-corrected chi connectivity index (χ3v) is 5.39. The summed E-state index contributed by atoms with van der Waals surface area (Å²) in [4.78, 5) is 5.88. The Labute approximate surface area is 134 Å². The molecule has 22 heavy (non-hydrogen) atoms. The Balaban J connectivity index is 1.88. The van der Waals surface area contributed by atoms with E-state index in [0.717, 1.165) is 17.1 Å². The molecule has 4 rings (SSSR count). The summed E-state index contributed by atoms with van der Waals surface area (Å²) < 4.78 is 3.52. The summed E-state index contributed by atoms with van der Waals surface area (Å²) in [5.41, 5.74) is 7.52. The maximum atomic E-state index is 4.82. The highest BCUT2D eigenvalue weighted by molar-refractivity contribution is 7.23. The summed E-state index contributed by atoms with van der Waals surface area (Å²) in [5, 5.41) is 0. The highest BCUT2D eigenvalue weighted by atomic mass is 32.1. The van der Waals surface area contributed by atoms with Crippen LogP contribution in [0.25, 0.3) is 26.4 Å². The molecule has 0 atom stereocenters. The van der Waals surface area contributed by atoms with Crippen LogP contribution in [0.15, 0.2) is 42.6 Å². The lowest BCUT2D eigenvalue weighted by atomic mass is 10.1. The molecule has 0 aliphatic carbocycles. The van der Waals surface area contributed by atoms with Gasteiger partial charge in [0.05, 0.1) is 15.9 Å². The maximum absolute atomic E-state index is 4.82. The van der Waals surface area contributed by atoms with E-state index in [-0.39, 0.29) is 0 Å². The van der Waals surface area contributed by atoms with Crippen molar-refractivity contribution in [3.63, 3.8) is 0 Å². The van der Waals surface area contributed by atoms with E-state index in [1.807, 2.05) is 0 Å². The summed E-state index contributed by atoms with van der Waals surface area (Å²) in [6.45, 7) is 6.51. The Morgan fingerprint density at radius 1 is 1.05 bits per heavy atom. The molecule has 2 aromatic heterocycles. The van der Waals surface area contributed by atoms with Crippen molar-refractivity contribution in [2.75, 3.05) is 0 Å². The van der Waals surface area contributed by atoms with E-state index in [9.17, 15) is 0 Å². The largest absolute Gasteiger partial charge is 0.290 e. The number of hydrogen-bond donors (Lipinski definition) is 0. The van der Waals surface area contributed by atoms with Gasteiger partial charge in [-0.1, -0.05) is 42.5 Å². The van der Waals surface area contributed by atoms with Gasteiger partial charge in [-0.15, -0.1) is 0 Å². The average molecular weight is 306 g/mol. The Hall–Kier alpha value is -2.13. The molecule has 0 fully saturated rings. The first kappa shape index (κ1) is 13.5. The van der Waals surface area contributed by atoms with Gasteiger partial charge >= 0.3 is 0 Å². The zero-order chi connectivity index (χ0) is 15.3. The topological polar surface area (TPSA) is 17.3 Å². The van der Waals surface area contributed by atoms with E-state index in [2.05, 4.69) is 67.8 Å². The molecule has 0 saturated heterocycles. The number of aryl methyl sites for hydroxylation is 3. The molecule has 2 heterocycles. The second kappa shape index (κ2) is 4.96. The first-order valence-corrected chi connectivity index (χ1v) is 8.45. The molecule has 0 radical (unpaired) electrons. The summed E-state index contributed by atoms with van der Waals surface area (Å²) >= 11 is 1.76. The van der Waals surface area contributed by atoms with Crippen molar-refractivity contribution < 1.29 is 0 Å². The van der Waals surface area contributed by atoms with Crippen molar-refractivity contribution in [1.29, 1.82) is 0 Å². The fraction of sp³-hybridized carbons (Fsp3) is 0.211. The SMILES string of the molecule is CCc1ccc(-c2cn3c(n2)sc2cc(C)c(C)cc23)cc1. The molecule has 4 aromatic rings. The van der Waals surface area contributed by atoms with Crippen LogP contribution in [0.4, 0.5) is 0 Å². The maximum Gasteiger partial charge on any atom is 0.195 e. The summed E-state index contributed by atoms with van der Waals surface area (Å²) in [7, 11) is 0. The lowest BCUT2D eigenvalue weighted by Gasteiger charge is -2.00. The number of fused-ring (bicyclic) bond motifs is 3. The lowest BCUT2D eigenvalue weighted by molar-refractivity contribution is 1.14. The second-order valence-electron chi connectivity index (χ2n) is 5.84. The number of rotatable bonds is 2. The first-order chi connectivity index (χ1) is 10.7. The van der Waals surface area contributed by atoms with E-state index >= 15 is 0 Å². The number of benzene rings is 2. The molecule has 0 bridgehead atoms. The normalized spacial score (nSPS) is 11.6. The Morgan fingerprint density at radius 3 is 2.50 bits per heavy atom. The first-order valence-electron chi connectivity index (χ1n) is 7.64. The second-order valence-corrected chi connectivity index (χ2v) is 6.84. The molecule has 2 nitrogen and oxygen atoms in total. The Bertz CT molecular complexity index is 974. The van der Waals surface area contributed by atoms with Crippen LogP contribution in [-0.4, -0.2) is 9.38 Å². The van der Waals surface area contributed by atoms with Gasteiger partial charge in [-0.3, -0.25) is 4.40 Å². The smallest absolute Gasteiger partial charge is 0.195 e. The van der Waals surface area contributed by atoms with Gasteiger partial charge < -0.3 is 0 Å². The van der Waals surface area contributed by atoms with Crippen LogP contribution in [0.5, 0.6) is 0 Å². The van der Waals surface area contributed by atoms with Crippen molar-refractivity contribution in [1.82, 2.24) is 9.38 Å². The minimum Gasteiger partial charge on any atom is -0.290 e.